The number of rotatable bonds is 3. The van der Waals surface area contributed by atoms with Gasteiger partial charge in [-0.3, -0.25) is 0 Å². The Hall–Kier alpha value is 0.210. The van der Waals surface area contributed by atoms with E-state index in [0.717, 1.165) is 6.54 Å². The third-order valence-electron chi connectivity index (χ3n) is 0.815. The van der Waals surface area contributed by atoms with Crippen molar-refractivity contribution < 1.29 is 5.11 Å². The lowest BCUT2D eigenvalue weighted by atomic mass is 10.4. The molecule has 0 aliphatic heterocycles. The Morgan fingerprint density at radius 1 is 1.62 bits per heavy atom. The molecule has 50 valence electrons. The van der Waals surface area contributed by atoms with E-state index in [2.05, 4.69) is 0 Å². The largest absolute Gasteiger partial charge is 0.378 e. The molecule has 0 saturated heterocycles. The molecule has 0 aromatic heterocycles. The third-order valence-corrected chi connectivity index (χ3v) is 1.03. The topological polar surface area (TPSA) is 23.5 Å². The summed E-state index contributed by atoms with van der Waals surface area (Å²) >= 11 is 5.25. The molecule has 3 heteroatoms. The summed E-state index contributed by atoms with van der Waals surface area (Å²) in [5.74, 6) is 0. The van der Waals surface area contributed by atoms with E-state index in [9.17, 15) is 0 Å². The van der Waals surface area contributed by atoms with Crippen molar-refractivity contribution in [2.75, 3.05) is 20.6 Å². The van der Waals surface area contributed by atoms with Crippen LogP contribution in [0.1, 0.15) is 6.42 Å². The molecule has 0 aliphatic rings. The minimum absolute atomic E-state index is 0.633. The minimum atomic E-state index is -0.683. The monoisotopic (exact) mass is 137 g/mol. The maximum Gasteiger partial charge on any atom is 0.129 e. The van der Waals surface area contributed by atoms with Gasteiger partial charge in [0.05, 0.1) is 0 Å². The van der Waals surface area contributed by atoms with E-state index in [1.54, 1.807) is 0 Å². The van der Waals surface area contributed by atoms with Crippen LogP contribution in [0.5, 0.6) is 0 Å². The highest BCUT2D eigenvalue weighted by Crippen LogP contribution is 1.95. The van der Waals surface area contributed by atoms with Gasteiger partial charge in [0.2, 0.25) is 0 Å². The summed E-state index contributed by atoms with van der Waals surface area (Å²) in [4.78, 5) is 1.98. The Balaban J connectivity index is 2.93. The van der Waals surface area contributed by atoms with E-state index < -0.39 is 5.56 Å². The summed E-state index contributed by atoms with van der Waals surface area (Å²) in [6, 6.07) is 0. The van der Waals surface area contributed by atoms with Crippen molar-refractivity contribution in [1.29, 1.82) is 0 Å². The van der Waals surface area contributed by atoms with Crippen molar-refractivity contribution in [1.82, 2.24) is 4.90 Å². The molecule has 0 amide bonds. The van der Waals surface area contributed by atoms with Crippen LogP contribution in [0.2, 0.25) is 0 Å². The van der Waals surface area contributed by atoms with Crippen LogP contribution < -0.4 is 0 Å². The summed E-state index contributed by atoms with van der Waals surface area (Å²) in [7, 11) is 3.89. The molecular weight excluding hydrogens is 126 g/mol. The van der Waals surface area contributed by atoms with Crippen molar-refractivity contribution in [3.05, 3.63) is 0 Å². The average Bonchev–Trinajstić information content (AvgIpc) is 1.61. The van der Waals surface area contributed by atoms with Crippen LogP contribution in [0.3, 0.4) is 0 Å². The summed E-state index contributed by atoms with van der Waals surface area (Å²) < 4.78 is 0. The van der Waals surface area contributed by atoms with E-state index in [4.69, 9.17) is 16.7 Å². The Labute approximate surface area is 55.1 Å². The molecule has 0 bridgehead atoms. The first kappa shape index (κ1) is 8.21. The number of nitrogens with zero attached hydrogens (tertiary/aromatic N) is 1. The summed E-state index contributed by atoms with van der Waals surface area (Å²) in [5.41, 5.74) is -0.683. The third kappa shape index (κ3) is 6.21. The van der Waals surface area contributed by atoms with Crippen LogP contribution >= 0.6 is 11.6 Å². The van der Waals surface area contributed by atoms with Crippen molar-refractivity contribution >= 4 is 11.6 Å². The molecule has 0 spiro atoms. The van der Waals surface area contributed by atoms with Crippen LogP contribution in [-0.2, 0) is 0 Å². The van der Waals surface area contributed by atoms with Crippen molar-refractivity contribution in [3.8, 4) is 0 Å². The summed E-state index contributed by atoms with van der Waals surface area (Å²) in [6.07, 6.45) is 0.633. The molecule has 1 N–H and O–H groups in total. The van der Waals surface area contributed by atoms with Gasteiger partial charge in [-0.05, 0) is 20.5 Å². The predicted octanol–water partition coefficient (Wildman–Crippen LogP) is 0.495. The van der Waals surface area contributed by atoms with Gasteiger partial charge in [0.25, 0.3) is 0 Å². The highest BCUT2D eigenvalue weighted by atomic mass is 35.5. The maximum atomic E-state index is 8.54. The SMILES string of the molecule is CN(C)CCC(O)Cl. The lowest BCUT2D eigenvalue weighted by Gasteiger charge is -2.08. The molecule has 1 unspecified atom stereocenters. The molecule has 0 saturated carbocycles. The van der Waals surface area contributed by atoms with Crippen LogP contribution in [0.25, 0.3) is 0 Å². The molecule has 1 atom stereocenters. The second-order valence-electron chi connectivity index (χ2n) is 2.03. The van der Waals surface area contributed by atoms with Gasteiger partial charge < -0.3 is 10.0 Å². The second-order valence-corrected chi connectivity index (χ2v) is 2.53. The average molecular weight is 138 g/mol. The molecular formula is C5H12ClNO. The van der Waals surface area contributed by atoms with E-state index in [0.29, 0.717) is 6.42 Å². The Kier molecular flexibility index (Phi) is 4.23. The van der Waals surface area contributed by atoms with Gasteiger partial charge in [0.1, 0.15) is 5.56 Å². The van der Waals surface area contributed by atoms with Gasteiger partial charge in [-0.25, -0.2) is 0 Å². The molecule has 0 fully saturated rings. The van der Waals surface area contributed by atoms with E-state index in [1.165, 1.54) is 0 Å². The Bertz CT molecular complexity index is 48.4. The van der Waals surface area contributed by atoms with Gasteiger partial charge >= 0.3 is 0 Å². The van der Waals surface area contributed by atoms with E-state index >= 15 is 0 Å². The molecule has 2 nitrogen and oxygen atoms in total. The highest BCUT2D eigenvalue weighted by molar-refractivity contribution is 6.19. The highest BCUT2D eigenvalue weighted by Gasteiger charge is 1.96. The second kappa shape index (κ2) is 4.13. The van der Waals surface area contributed by atoms with Crippen LogP contribution in [0.15, 0.2) is 0 Å². The maximum absolute atomic E-state index is 8.54. The number of alkyl halides is 1. The van der Waals surface area contributed by atoms with E-state index in [-0.39, 0.29) is 0 Å². The lowest BCUT2D eigenvalue weighted by Crippen LogP contribution is -2.16. The van der Waals surface area contributed by atoms with Gasteiger partial charge in [0, 0.05) is 6.54 Å². The first-order valence-corrected chi connectivity index (χ1v) is 3.03. The van der Waals surface area contributed by atoms with Crippen molar-refractivity contribution in [2.45, 2.75) is 12.0 Å². The molecule has 0 aromatic rings. The number of aliphatic hydroxyl groups is 1. The fourth-order valence-corrected chi connectivity index (χ4v) is 0.462. The number of aliphatic hydroxyl groups excluding tert-OH is 1. The zero-order valence-electron chi connectivity index (χ0n) is 5.26. The van der Waals surface area contributed by atoms with Gasteiger partial charge in [-0.15, -0.1) is 0 Å². The van der Waals surface area contributed by atoms with Crippen LogP contribution in [0.4, 0.5) is 0 Å². The molecule has 8 heavy (non-hydrogen) atoms. The first-order chi connectivity index (χ1) is 3.63. The van der Waals surface area contributed by atoms with E-state index in [1.807, 2.05) is 19.0 Å². The molecule has 0 radical (unpaired) electrons. The fourth-order valence-electron chi connectivity index (χ4n) is 0.365. The normalized spacial score (nSPS) is 14.6. The van der Waals surface area contributed by atoms with Gasteiger partial charge in [-0.2, -0.15) is 0 Å². The fraction of sp³-hybridized carbons (Fsp3) is 1.00. The predicted molar refractivity (Wildman–Crippen MR) is 35.0 cm³/mol. The lowest BCUT2D eigenvalue weighted by molar-refractivity contribution is 0.225. The van der Waals surface area contributed by atoms with Crippen molar-refractivity contribution in [3.63, 3.8) is 0 Å². The molecule has 0 heterocycles. The minimum Gasteiger partial charge on any atom is -0.378 e. The zero-order chi connectivity index (χ0) is 6.57. The molecule has 0 aromatic carbocycles. The standard InChI is InChI=1S/C5H12ClNO/c1-7(2)4-3-5(6)8/h5,8H,3-4H2,1-2H3. The van der Waals surface area contributed by atoms with Crippen LogP contribution in [-0.4, -0.2) is 36.2 Å². The Morgan fingerprint density at radius 2 is 2.12 bits per heavy atom. The smallest absolute Gasteiger partial charge is 0.129 e. The van der Waals surface area contributed by atoms with Gasteiger partial charge in [-0.1, -0.05) is 11.6 Å². The first-order valence-electron chi connectivity index (χ1n) is 2.60. The number of halogens is 1. The number of hydrogen-bond acceptors (Lipinski definition) is 2. The quantitative estimate of drug-likeness (QED) is 0.573. The molecule has 0 rings (SSSR count). The zero-order valence-corrected chi connectivity index (χ0v) is 6.02. The Morgan fingerprint density at radius 3 is 2.25 bits per heavy atom. The summed E-state index contributed by atoms with van der Waals surface area (Å²) in [5, 5.41) is 8.54. The molecule has 0 aliphatic carbocycles. The number of hydrogen-bond donors (Lipinski definition) is 1. The summed E-state index contributed by atoms with van der Waals surface area (Å²) in [6.45, 7) is 0.838. The van der Waals surface area contributed by atoms with Crippen LogP contribution in [0, 0.1) is 0 Å². The van der Waals surface area contributed by atoms with Gasteiger partial charge in [0.15, 0.2) is 0 Å². The van der Waals surface area contributed by atoms with Crippen molar-refractivity contribution in [2.24, 2.45) is 0 Å².